The number of piperidine rings is 1. The van der Waals surface area contributed by atoms with Crippen molar-refractivity contribution in [1.82, 2.24) is 4.90 Å². The maximum Gasteiger partial charge on any atom is 0.304 e. The van der Waals surface area contributed by atoms with Gasteiger partial charge in [-0.3, -0.25) is 9.59 Å². The van der Waals surface area contributed by atoms with Crippen LogP contribution in [0.25, 0.3) is 0 Å². The van der Waals surface area contributed by atoms with E-state index in [2.05, 4.69) is 13.8 Å². The van der Waals surface area contributed by atoms with Crippen molar-refractivity contribution in [3.63, 3.8) is 0 Å². The number of hydrogen-bond acceptors (Lipinski definition) is 2. The van der Waals surface area contributed by atoms with Crippen molar-refractivity contribution in [2.24, 2.45) is 5.41 Å². The van der Waals surface area contributed by atoms with Gasteiger partial charge >= 0.3 is 5.97 Å². The van der Waals surface area contributed by atoms with E-state index in [1.165, 1.54) is 0 Å². The number of benzene rings is 2. The molecule has 31 heavy (non-hydrogen) atoms. The van der Waals surface area contributed by atoms with Crippen molar-refractivity contribution in [3.8, 4) is 0 Å². The number of likely N-dealkylation sites (tertiary alicyclic amines) is 1. The first-order valence-corrected chi connectivity index (χ1v) is 11.5. The van der Waals surface area contributed by atoms with E-state index >= 15 is 0 Å². The minimum Gasteiger partial charge on any atom is -0.481 e. The van der Waals surface area contributed by atoms with Gasteiger partial charge in [-0.2, -0.15) is 0 Å². The molecule has 1 N–H and O–H groups in total. The SMILES string of the molecule is CCC(CC)N1C(=O)[C@](C)(CC(=O)O)C[C@H](c2cccc(Cl)c2)[C@H]1c1ccc(Cl)cc1. The fourth-order valence-corrected chi connectivity index (χ4v) is 5.29. The van der Waals surface area contributed by atoms with Crippen LogP contribution in [-0.2, 0) is 9.59 Å². The average Bonchev–Trinajstić information content (AvgIpc) is 2.72. The summed E-state index contributed by atoms with van der Waals surface area (Å²) in [7, 11) is 0. The Kier molecular flexibility index (Phi) is 7.33. The molecule has 2 aromatic rings. The molecular weight excluding hydrogens is 433 g/mol. The summed E-state index contributed by atoms with van der Waals surface area (Å²) in [6, 6.07) is 15.1. The summed E-state index contributed by atoms with van der Waals surface area (Å²) in [4.78, 5) is 27.5. The van der Waals surface area contributed by atoms with Gasteiger partial charge in [-0.05, 0) is 54.7 Å². The number of amides is 1. The van der Waals surface area contributed by atoms with Crippen LogP contribution in [0, 0.1) is 5.41 Å². The summed E-state index contributed by atoms with van der Waals surface area (Å²) in [5.41, 5.74) is 1.00. The lowest BCUT2D eigenvalue weighted by Gasteiger charge is -2.51. The quantitative estimate of drug-likeness (QED) is 0.497. The van der Waals surface area contributed by atoms with Gasteiger partial charge in [-0.1, -0.05) is 68.2 Å². The van der Waals surface area contributed by atoms with Gasteiger partial charge in [0.15, 0.2) is 0 Å². The molecule has 0 spiro atoms. The molecule has 0 unspecified atom stereocenters. The van der Waals surface area contributed by atoms with Crippen molar-refractivity contribution in [3.05, 3.63) is 69.7 Å². The fourth-order valence-electron chi connectivity index (χ4n) is 4.96. The highest BCUT2D eigenvalue weighted by molar-refractivity contribution is 6.30. The summed E-state index contributed by atoms with van der Waals surface area (Å²) in [5, 5.41) is 10.9. The van der Waals surface area contributed by atoms with Crippen LogP contribution in [0.1, 0.15) is 69.5 Å². The summed E-state index contributed by atoms with van der Waals surface area (Å²) in [6.07, 6.45) is 1.81. The number of aliphatic carboxylic acids is 1. The molecule has 6 heteroatoms. The molecular formula is C25H29Cl2NO3. The Labute approximate surface area is 194 Å². The Morgan fingerprint density at radius 1 is 1.10 bits per heavy atom. The van der Waals surface area contributed by atoms with E-state index < -0.39 is 11.4 Å². The normalized spacial score (nSPS) is 23.9. The van der Waals surface area contributed by atoms with Gasteiger partial charge < -0.3 is 10.0 Å². The summed E-state index contributed by atoms with van der Waals surface area (Å²) < 4.78 is 0. The van der Waals surface area contributed by atoms with Crippen LogP contribution in [0.15, 0.2) is 48.5 Å². The van der Waals surface area contributed by atoms with Crippen molar-refractivity contribution in [2.45, 2.75) is 64.5 Å². The van der Waals surface area contributed by atoms with E-state index in [1.54, 1.807) is 6.92 Å². The Morgan fingerprint density at radius 3 is 2.29 bits per heavy atom. The lowest BCUT2D eigenvalue weighted by molar-refractivity contribution is -0.160. The number of rotatable bonds is 7. The van der Waals surface area contributed by atoms with Crippen LogP contribution in [0.4, 0.5) is 0 Å². The number of carbonyl (C=O) groups excluding carboxylic acids is 1. The van der Waals surface area contributed by atoms with Crippen LogP contribution >= 0.6 is 23.2 Å². The molecule has 4 nitrogen and oxygen atoms in total. The fraction of sp³-hybridized carbons (Fsp3) is 0.440. The zero-order valence-corrected chi connectivity index (χ0v) is 19.7. The van der Waals surface area contributed by atoms with E-state index in [1.807, 2.05) is 53.4 Å². The first kappa shape index (κ1) is 23.6. The highest BCUT2D eigenvalue weighted by Gasteiger charge is 2.51. The molecule has 1 heterocycles. The summed E-state index contributed by atoms with van der Waals surface area (Å²) in [5.74, 6) is -1.15. The van der Waals surface area contributed by atoms with Gasteiger partial charge in [-0.25, -0.2) is 0 Å². The van der Waals surface area contributed by atoms with Gasteiger partial charge in [0.25, 0.3) is 0 Å². The first-order valence-electron chi connectivity index (χ1n) is 10.8. The molecule has 1 aliphatic rings. The predicted octanol–water partition coefficient (Wildman–Crippen LogP) is 6.72. The number of carbonyl (C=O) groups is 2. The second-order valence-electron chi connectivity index (χ2n) is 8.68. The van der Waals surface area contributed by atoms with Gasteiger partial charge in [-0.15, -0.1) is 0 Å². The standard InChI is InChI=1S/C25H29Cl2NO3/c1-4-20(5-2)28-23(16-9-11-18(26)12-10-16)21(17-7-6-8-19(27)13-17)14-25(3,24(28)31)15-22(29)30/h6-13,20-21,23H,4-5,14-15H2,1-3H3,(H,29,30)/t21-,23-,25+/m1/s1. The second-order valence-corrected chi connectivity index (χ2v) is 9.55. The van der Waals surface area contributed by atoms with E-state index in [9.17, 15) is 14.7 Å². The lowest BCUT2D eigenvalue weighted by atomic mass is 9.67. The molecule has 2 aromatic carbocycles. The molecule has 3 atom stereocenters. The minimum absolute atomic E-state index is 0.00304. The highest BCUT2D eigenvalue weighted by Crippen LogP contribution is 2.52. The second kappa shape index (κ2) is 9.62. The zero-order chi connectivity index (χ0) is 22.8. The third-order valence-electron chi connectivity index (χ3n) is 6.47. The van der Waals surface area contributed by atoms with E-state index in [-0.39, 0.29) is 30.3 Å². The lowest BCUT2D eigenvalue weighted by Crippen LogP contribution is -2.55. The van der Waals surface area contributed by atoms with Crippen molar-refractivity contribution >= 4 is 35.1 Å². The van der Waals surface area contributed by atoms with Gasteiger partial charge in [0.05, 0.1) is 17.9 Å². The molecule has 3 rings (SSSR count). The van der Waals surface area contributed by atoms with Crippen LogP contribution in [0.5, 0.6) is 0 Å². The Balaban J connectivity index is 2.22. The molecule has 0 aromatic heterocycles. The Bertz CT molecular complexity index is 942. The highest BCUT2D eigenvalue weighted by atomic mass is 35.5. The third-order valence-corrected chi connectivity index (χ3v) is 6.95. The Hall–Kier alpha value is -2.04. The van der Waals surface area contributed by atoms with Crippen molar-refractivity contribution in [2.75, 3.05) is 0 Å². The van der Waals surface area contributed by atoms with Gasteiger partial charge in [0.2, 0.25) is 5.91 Å². The Morgan fingerprint density at radius 2 is 1.74 bits per heavy atom. The number of halogens is 2. The topological polar surface area (TPSA) is 57.6 Å². The maximum atomic E-state index is 13.8. The molecule has 1 fully saturated rings. The van der Waals surface area contributed by atoms with E-state index in [0.29, 0.717) is 16.5 Å². The zero-order valence-electron chi connectivity index (χ0n) is 18.1. The summed E-state index contributed by atoms with van der Waals surface area (Å²) in [6.45, 7) is 5.92. The van der Waals surface area contributed by atoms with Crippen LogP contribution in [-0.4, -0.2) is 27.9 Å². The number of carboxylic acids is 1. The maximum absolute atomic E-state index is 13.8. The molecule has 0 radical (unpaired) electrons. The van der Waals surface area contributed by atoms with Crippen molar-refractivity contribution < 1.29 is 14.7 Å². The smallest absolute Gasteiger partial charge is 0.304 e. The number of hydrogen-bond donors (Lipinski definition) is 1. The largest absolute Gasteiger partial charge is 0.481 e. The number of carboxylic acid groups (broad SMARTS) is 1. The number of nitrogens with zero attached hydrogens (tertiary/aromatic N) is 1. The minimum atomic E-state index is -0.996. The average molecular weight is 462 g/mol. The molecule has 1 aliphatic heterocycles. The van der Waals surface area contributed by atoms with Crippen LogP contribution in [0.2, 0.25) is 10.0 Å². The molecule has 0 bridgehead atoms. The van der Waals surface area contributed by atoms with Gasteiger partial charge in [0.1, 0.15) is 0 Å². The summed E-state index contributed by atoms with van der Waals surface area (Å²) >= 11 is 12.5. The molecule has 1 amide bonds. The molecule has 166 valence electrons. The van der Waals surface area contributed by atoms with Crippen molar-refractivity contribution in [1.29, 1.82) is 0 Å². The molecule has 0 aliphatic carbocycles. The first-order chi connectivity index (χ1) is 14.7. The van der Waals surface area contributed by atoms with E-state index in [4.69, 9.17) is 23.2 Å². The van der Waals surface area contributed by atoms with Crippen LogP contribution in [0.3, 0.4) is 0 Å². The van der Waals surface area contributed by atoms with E-state index in [0.717, 1.165) is 24.0 Å². The van der Waals surface area contributed by atoms with Crippen LogP contribution < -0.4 is 0 Å². The molecule has 1 saturated heterocycles. The third kappa shape index (κ3) is 4.91. The molecule has 0 saturated carbocycles. The predicted molar refractivity (Wildman–Crippen MR) is 125 cm³/mol. The monoisotopic (exact) mass is 461 g/mol. The van der Waals surface area contributed by atoms with Gasteiger partial charge in [0, 0.05) is 22.0 Å².